The maximum absolute atomic E-state index is 13.2. The standard InChI is InChI=1S/C23H21N3O3S/c1-14-12-15(2)22(16(3)13-14)30(28,29)26-18-9-5-4-8-17(18)21-23(27)25-20-11-7-6-10-19(20)24-21/h4-13,26H,1-3H3,(H,25,27). The Bertz CT molecular complexity index is 1420. The summed E-state index contributed by atoms with van der Waals surface area (Å²) in [5.41, 5.74) is 4.05. The highest BCUT2D eigenvalue weighted by Gasteiger charge is 2.22. The third kappa shape index (κ3) is 3.59. The number of rotatable bonds is 4. The number of sulfonamides is 1. The highest BCUT2D eigenvalue weighted by molar-refractivity contribution is 7.92. The second-order valence-corrected chi connectivity index (χ2v) is 8.93. The Kier molecular flexibility index (Phi) is 4.91. The van der Waals surface area contributed by atoms with Crippen molar-refractivity contribution in [1.82, 2.24) is 9.97 Å². The number of anilines is 1. The zero-order chi connectivity index (χ0) is 21.5. The third-order valence-corrected chi connectivity index (χ3v) is 6.57. The first-order valence-electron chi connectivity index (χ1n) is 9.45. The van der Waals surface area contributed by atoms with E-state index >= 15 is 0 Å². The van der Waals surface area contributed by atoms with Gasteiger partial charge in [-0.1, -0.05) is 48.0 Å². The highest BCUT2D eigenvalue weighted by atomic mass is 32.2. The first-order valence-corrected chi connectivity index (χ1v) is 10.9. The van der Waals surface area contributed by atoms with E-state index in [1.54, 1.807) is 50.2 Å². The normalized spacial score (nSPS) is 11.6. The van der Waals surface area contributed by atoms with Crippen LogP contribution < -0.4 is 10.3 Å². The molecule has 6 nitrogen and oxygen atoms in total. The zero-order valence-corrected chi connectivity index (χ0v) is 17.7. The molecule has 4 rings (SSSR count). The van der Waals surface area contributed by atoms with Gasteiger partial charge in [0.1, 0.15) is 5.69 Å². The summed E-state index contributed by atoms with van der Waals surface area (Å²) in [5.74, 6) is 0. The molecule has 1 aromatic heterocycles. The van der Waals surface area contributed by atoms with Crippen LogP contribution in [0.2, 0.25) is 0 Å². The molecule has 0 saturated heterocycles. The molecule has 0 radical (unpaired) electrons. The van der Waals surface area contributed by atoms with Gasteiger partial charge >= 0.3 is 0 Å². The lowest BCUT2D eigenvalue weighted by Crippen LogP contribution is -2.18. The van der Waals surface area contributed by atoms with Crippen LogP contribution in [0, 0.1) is 20.8 Å². The summed E-state index contributed by atoms with van der Waals surface area (Å²) in [4.78, 5) is 20.2. The molecule has 0 unspecified atom stereocenters. The quantitative estimate of drug-likeness (QED) is 0.515. The molecule has 152 valence electrons. The van der Waals surface area contributed by atoms with Gasteiger partial charge in [-0.2, -0.15) is 0 Å². The van der Waals surface area contributed by atoms with Crippen molar-refractivity contribution in [2.75, 3.05) is 4.72 Å². The largest absolute Gasteiger partial charge is 0.319 e. The molecular formula is C23H21N3O3S. The van der Waals surface area contributed by atoms with Crippen molar-refractivity contribution >= 4 is 26.7 Å². The van der Waals surface area contributed by atoms with Crippen molar-refractivity contribution in [1.29, 1.82) is 0 Å². The van der Waals surface area contributed by atoms with Crippen molar-refractivity contribution in [2.24, 2.45) is 0 Å². The Balaban J connectivity index is 1.84. The minimum absolute atomic E-state index is 0.157. The number of hydrogen-bond donors (Lipinski definition) is 2. The van der Waals surface area contributed by atoms with Crippen LogP contribution in [-0.4, -0.2) is 18.4 Å². The number of para-hydroxylation sites is 3. The van der Waals surface area contributed by atoms with Crippen molar-refractivity contribution in [3.63, 3.8) is 0 Å². The molecule has 7 heteroatoms. The number of hydrogen-bond acceptors (Lipinski definition) is 4. The second-order valence-electron chi connectivity index (χ2n) is 7.31. The number of nitrogens with one attached hydrogen (secondary N) is 2. The van der Waals surface area contributed by atoms with Gasteiger partial charge in [0.05, 0.1) is 21.6 Å². The summed E-state index contributed by atoms with van der Waals surface area (Å²) in [7, 11) is -3.87. The maximum Gasteiger partial charge on any atom is 0.275 e. The van der Waals surface area contributed by atoms with Crippen LogP contribution in [0.1, 0.15) is 16.7 Å². The molecule has 0 aliphatic heterocycles. The van der Waals surface area contributed by atoms with Crippen LogP contribution in [0.3, 0.4) is 0 Å². The number of H-pyrrole nitrogens is 1. The molecular weight excluding hydrogens is 398 g/mol. The molecule has 0 aliphatic rings. The van der Waals surface area contributed by atoms with E-state index in [-0.39, 0.29) is 16.1 Å². The molecule has 0 bridgehead atoms. The smallest absolute Gasteiger partial charge is 0.275 e. The minimum atomic E-state index is -3.87. The number of aryl methyl sites for hydroxylation is 3. The van der Waals surface area contributed by atoms with E-state index in [1.807, 2.05) is 31.2 Å². The zero-order valence-electron chi connectivity index (χ0n) is 16.9. The number of aromatic amines is 1. The van der Waals surface area contributed by atoms with Gasteiger partial charge in [-0.3, -0.25) is 9.52 Å². The van der Waals surface area contributed by atoms with Gasteiger partial charge in [-0.25, -0.2) is 13.4 Å². The average molecular weight is 420 g/mol. The molecule has 3 aromatic carbocycles. The van der Waals surface area contributed by atoms with Crippen LogP contribution in [-0.2, 0) is 10.0 Å². The fraction of sp³-hybridized carbons (Fsp3) is 0.130. The second kappa shape index (κ2) is 7.42. The molecule has 0 atom stereocenters. The van der Waals surface area contributed by atoms with E-state index in [0.29, 0.717) is 33.4 Å². The van der Waals surface area contributed by atoms with Gasteiger partial charge < -0.3 is 4.98 Å². The average Bonchev–Trinajstić information content (AvgIpc) is 2.66. The molecule has 0 spiro atoms. The summed E-state index contributed by atoms with van der Waals surface area (Å²) in [6, 6.07) is 17.6. The summed E-state index contributed by atoms with van der Waals surface area (Å²) in [5, 5.41) is 0. The van der Waals surface area contributed by atoms with Gasteiger partial charge in [0, 0.05) is 5.56 Å². The molecule has 0 amide bonds. The van der Waals surface area contributed by atoms with Gasteiger partial charge in [-0.15, -0.1) is 0 Å². The fourth-order valence-electron chi connectivity index (χ4n) is 3.78. The molecule has 2 N–H and O–H groups in total. The van der Waals surface area contributed by atoms with Crippen molar-refractivity contribution in [3.05, 3.63) is 87.7 Å². The lowest BCUT2D eigenvalue weighted by molar-refractivity contribution is 0.600. The van der Waals surface area contributed by atoms with Crippen LogP contribution in [0.25, 0.3) is 22.3 Å². The van der Waals surface area contributed by atoms with Crippen molar-refractivity contribution < 1.29 is 8.42 Å². The Hall–Kier alpha value is -3.45. The van der Waals surface area contributed by atoms with E-state index < -0.39 is 10.0 Å². The van der Waals surface area contributed by atoms with Gasteiger partial charge in [0.2, 0.25) is 0 Å². The molecule has 1 heterocycles. The number of aromatic nitrogens is 2. The fourth-order valence-corrected chi connectivity index (χ4v) is 5.31. The SMILES string of the molecule is Cc1cc(C)c(S(=O)(=O)Nc2ccccc2-c2nc3ccccc3[nH]c2=O)c(C)c1. The summed E-state index contributed by atoms with van der Waals surface area (Å²) >= 11 is 0. The maximum atomic E-state index is 13.2. The number of fused-ring (bicyclic) bond motifs is 1. The van der Waals surface area contributed by atoms with Crippen LogP contribution in [0.15, 0.2) is 70.4 Å². The summed E-state index contributed by atoms with van der Waals surface area (Å²) in [6.07, 6.45) is 0. The topological polar surface area (TPSA) is 91.9 Å². The van der Waals surface area contributed by atoms with Gasteiger partial charge in [0.15, 0.2) is 0 Å². The van der Waals surface area contributed by atoms with E-state index in [2.05, 4.69) is 14.7 Å². The third-order valence-electron chi connectivity index (χ3n) is 4.90. The Morgan fingerprint density at radius 2 is 1.53 bits per heavy atom. The van der Waals surface area contributed by atoms with E-state index in [4.69, 9.17) is 0 Å². The Labute approximate surface area is 174 Å². The van der Waals surface area contributed by atoms with E-state index in [1.165, 1.54) is 0 Å². The first-order chi connectivity index (χ1) is 14.3. The first kappa shape index (κ1) is 19.8. The predicted molar refractivity (Wildman–Crippen MR) is 119 cm³/mol. The summed E-state index contributed by atoms with van der Waals surface area (Å²) < 4.78 is 29.1. The number of benzene rings is 3. The van der Waals surface area contributed by atoms with Gasteiger partial charge in [0.25, 0.3) is 15.6 Å². The number of nitrogens with zero attached hydrogens (tertiary/aromatic N) is 1. The molecule has 30 heavy (non-hydrogen) atoms. The van der Waals surface area contributed by atoms with Crippen molar-refractivity contribution in [3.8, 4) is 11.3 Å². The van der Waals surface area contributed by atoms with Crippen LogP contribution in [0.4, 0.5) is 5.69 Å². The highest BCUT2D eigenvalue weighted by Crippen LogP contribution is 2.29. The Morgan fingerprint density at radius 1 is 0.900 bits per heavy atom. The molecule has 0 saturated carbocycles. The molecule has 0 aliphatic carbocycles. The monoisotopic (exact) mass is 419 g/mol. The predicted octanol–water partition coefficient (Wildman–Crippen LogP) is 4.32. The lowest BCUT2D eigenvalue weighted by Gasteiger charge is -2.16. The Morgan fingerprint density at radius 3 is 2.27 bits per heavy atom. The molecule has 4 aromatic rings. The van der Waals surface area contributed by atoms with Crippen molar-refractivity contribution in [2.45, 2.75) is 25.7 Å². The van der Waals surface area contributed by atoms with Crippen LogP contribution >= 0.6 is 0 Å². The lowest BCUT2D eigenvalue weighted by atomic mass is 10.1. The van der Waals surface area contributed by atoms with Gasteiger partial charge in [-0.05, 0) is 50.1 Å². The summed E-state index contributed by atoms with van der Waals surface area (Å²) in [6.45, 7) is 5.48. The van der Waals surface area contributed by atoms with E-state index in [9.17, 15) is 13.2 Å². The molecule has 0 fully saturated rings. The van der Waals surface area contributed by atoms with E-state index in [0.717, 1.165) is 5.56 Å². The van der Waals surface area contributed by atoms with Crippen LogP contribution in [0.5, 0.6) is 0 Å². The minimum Gasteiger partial charge on any atom is -0.319 e.